The fourth-order valence-electron chi connectivity index (χ4n) is 9.01. The number of β-amino-alcohol motifs (C(OH)–C–C–N with tert-alkyl or cyclic N) is 1. The van der Waals surface area contributed by atoms with Crippen LogP contribution in [-0.4, -0.2) is 94.3 Å². The Labute approximate surface area is 294 Å². The molecule has 8 rings (SSSR count). The van der Waals surface area contributed by atoms with Crippen LogP contribution in [0.5, 0.6) is 17.6 Å². The lowest BCUT2D eigenvalue weighted by Gasteiger charge is -2.52. The maximum absolute atomic E-state index is 17.1. The average molecular weight is 701 g/mol. The Balaban J connectivity index is 1.24. The Morgan fingerprint density at radius 2 is 1.92 bits per heavy atom. The average Bonchev–Trinajstić information content (AvgIpc) is 3.44. The molecule has 4 aromatic rings. The molecule has 51 heavy (non-hydrogen) atoms. The van der Waals surface area contributed by atoms with Gasteiger partial charge in [0.05, 0.1) is 39.5 Å². The lowest BCUT2D eigenvalue weighted by atomic mass is 9.72. The van der Waals surface area contributed by atoms with Gasteiger partial charge in [-0.15, -0.1) is 0 Å². The van der Waals surface area contributed by atoms with Gasteiger partial charge in [0.15, 0.2) is 5.82 Å². The summed E-state index contributed by atoms with van der Waals surface area (Å²) in [5.74, 6) is -1.25. The van der Waals surface area contributed by atoms with E-state index < -0.39 is 17.2 Å². The smallest absolute Gasteiger partial charge is 0.319 e. The SMILES string of the molecule is COc1nc(-c2cc(O)cc3cccc(F)c23)c(F)c2nc(OCC34CCCC3N(C3CC(C#N)C3)CCC4)nc(N3CCOCC(C)(O)C3)c12. The van der Waals surface area contributed by atoms with Gasteiger partial charge in [-0.2, -0.15) is 15.2 Å². The number of aromatic nitrogens is 3. The van der Waals surface area contributed by atoms with Crippen molar-refractivity contribution in [2.24, 2.45) is 11.3 Å². The van der Waals surface area contributed by atoms with E-state index in [0.717, 1.165) is 51.5 Å². The van der Waals surface area contributed by atoms with E-state index in [9.17, 15) is 15.5 Å². The summed E-state index contributed by atoms with van der Waals surface area (Å²) in [6.07, 6.45) is 6.93. The summed E-state index contributed by atoms with van der Waals surface area (Å²) in [6, 6.07) is 10.2. The molecule has 0 spiro atoms. The third-order valence-corrected chi connectivity index (χ3v) is 11.4. The van der Waals surface area contributed by atoms with Crippen molar-refractivity contribution in [1.29, 1.82) is 5.26 Å². The minimum absolute atomic E-state index is 0.00543. The van der Waals surface area contributed by atoms with Gasteiger partial charge in [0.25, 0.3) is 0 Å². The first-order chi connectivity index (χ1) is 24.6. The first-order valence-corrected chi connectivity index (χ1v) is 17.8. The van der Waals surface area contributed by atoms with Gasteiger partial charge in [-0.1, -0.05) is 18.6 Å². The van der Waals surface area contributed by atoms with Gasteiger partial charge in [-0.25, -0.2) is 13.8 Å². The van der Waals surface area contributed by atoms with Crippen LogP contribution in [-0.2, 0) is 4.74 Å². The second-order valence-corrected chi connectivity index (χ2v) is 15.0. The predicted octanol–water partition coefficient (Wildman–Crippen LogP) is 5.74. The van der Waals surface area contributed by atoms with Crippen molar-refractivity contribution in [2.45, 2.75) is 69.6 Å². The number of anilines is 1. The van der Waals surface area contributed by atoms with Gasteiger partial charge in [0.2, 0.25) is 5.88 Å². The van der Waals surface area contributed by atoms with E-state index in [4.69, 9.17) is 19.2 Å². The van der Waals surface area contributed by atoms with Crippen molar-refractivity contribution in [3.8, 4) is 35.0 Å². The number of ether oxygens (including phenoxy) is 3. The number of aliphatic hydroxyl groups is 1. The lowest BCUT2D eigenvalue weighted by Crippen LogP contribution is -2.58. The fraction of sp³-hybridized carbons (Fsp3) is 0.526. The molecule has 2 aliphatic carbocycles. The van der Waals surface area contributed by atoms with Gasteiger partial charge in [0.1, 0.15) is 39.6 Å². The highest BCUT2D eigenvalue weighted by Crippen LogP contribution is 2.51. The van der Waals surface area contributed by atoms with Gasteiger partial charge >= 0.3 is 6.01 Å². The Bertz CT molecular complexity index is 2030. The van der Waals surface area contributed by atoms with Crippen LogP contribution in [0.4, 0.5) is 14.6 Å². The van der Waals surface area contributed by atoms with E-state index in [0.29, 0.717) is 30.6 Å². The Morgan fingerprint density at radius 1 is 1.10 bits per heavy atom. The third kappa shape index (κ3) is 5.97. The van der Waals surface area contributed by atoms with Crippen molar-refractivity contribution in [1.82, 2.24) is 19.9 Å². The molecule has 4 fully saturated rings. The van der Waals surface area contributed by atoms with Crippen LogP contribution >= 0.6 is 0 Å². The summed E-state index contributed by atoms with van der Waals surface area (Å²) in [5.41, 5.74) is -1.72. The number of hydrogen-bond acceptors (Lipinski definition) is 11. The number of halogens is 2. The highest BCUT2D eigenvalue weighted by atomic mass is 19.1. The van der Waals surface area contributed by atoms with Crippen LogP contribution in [0.25, 0.3) is 32.9 Å². The largest absolute Gasteiger partial charge is 0.508 e. The highest BCUT2D eigenvalue weighted by molar-refractivity contribution is 6.02. The van der Waals surface area contributed by atoms with Crippen molar-refractivity contribution in [2.75, 3.05) is 51.5 Å². The number of phenols is 1. The summed E-state index contributed by atoms with van der Waals surface area (Å²) in [7, 11) is 1.40. The summed E-state index contributed by atoms with van der Waals surface area (Å²) >= 11 is 0. The molecule has 2 saturated heterocycles. The lowest BCUT2D eigenvalue weighted by molar-refractivity contribution is -0.0472. The zero-order valence-electron chi connectivity index (χ0n) is 28.9. The number of pyridine rings is 1. The zero-order chi connectivity index (χ0) is 35.5. The monoisotopic (exact) mass is 700 g/mol. The number of nitrogens with zero attached hydrogens (tertiary/aromatic N) is 6. The number of nitriles is 1. The molecule has 4 heterocycles. The topological polar surface area (TPSA) is 137 Å². The van der Waals surface area contributed by atoms with Crippen molar-refractivity contribution >= 4 is 27.5 Å². The molecule has 2 aromatic heterocycles. The van der Waals surface area contributed by atoms with Gasteiger partial charge in [-0.3, -0.25) is 4.90 Å². The van der Waals surface area contributed by atoms with Crippen molar-refractivity contribution in [3.63, 3.8) is 0 Å². The van der Waals surface area contributed by atoms with Gasteiger partial charge in [0, 0.05) is 40.9 Å². The number of phenolic OH excluding ortho intramolecular Hbond substituents is 1. The standard InChI is InChI=1S/C38H42F2N6O5/c1-37(48)19-45(12-13-50-20-37)34-30-33(31(40)32(42-35(30)49-2)26-17-25(47)16-23-6-3-7-27(39)29(23)26)43-36(44-34)51-21-38-9-4-8-28(38)46(11-5-10-38)24-14-22(15-24)18-41/h3,6-7,16-17,22,24,28,47-48H,4-5,8-15,19-21H2,1-2H3. The minimum Gasteiger partial charge on any atom is -0.508 e. The second kappa shape index (κ2) is 13.0. The number of rotatable bonds is 7. The maximum atomic E-state index is 17.1. The molecule has 11 nitrogen and oxygen atoms in total. The second-order valence-electron chi connectivity index (χ2n) is 15.0. The normalized spacial score (nSPS) is 28.2. The van der Waals surface area contributed by atoms with E-state index in [2.05, 4.69) is 20.9 Å². The first-order valence-electron chi connectivity index (χ1n) is 17.8. The van der Waals surface area contributed by atoms with Gasteiger partial charge in [-0.05, 0) is 75.6 Å². The van der Waals surface area contributed by atoms with Crippen LogP contribution in [0.15, 0.2) is 30.3 Å². The fourth-order valence-corrected chi connectivity index (χ4v) is 9.01. The number of fused-ring (bicyclic) bond motifs is 3. The molecule has 268 valence electrons. The van der Waals surface area contributed by atoms with E-state index in [1.807, 2.05) is 0 Å². The number of aromatic hydroxyl groups is 1. The van der Waals surface area contributed by atoms with Crippen LogP contribution < -0.4 is 14.4 Å². The molecule has 2 N–H and O–H groups in total. The van der Waals surface area contributed by atoms with E-state index in [1.54, 1.807) is 17.9 Å². The van der Waals surface area contributed by atoms with E-state index in [1.165, 1.54) is 31.4 Å². The van der Waals surface area contributed by atoms with E-state index in [-0.39, 0.29) is 82.1 Å². The molecule has 2 saturated carbocycles. The minimum atomic E-state index is -1.24. The maximum Gasteiger partial charge on any atom is 0.319 e. The molecule has 3 unspecified atom stereocenters. The molecular weight excluding hydrogens is 658 g/mol. The summed E-state index contributed by atoms with van der Waals surface area (Å²) in [5, 5.41) is 31.7. The summed E-state index contributed by atoms with van der Waals surface area (Å²) in [4.78, 5) is 18.4. The number of methoxy groups -OCH3 is 1. The molecule has 0 bridgehead atoms. The quantitative estimate of drug-likeness (QED) is 0.244. The number of benzene rings is 2. The first kappa shape index (κ1) is 33.7. The van der Waals surface area contributed by atoms with Crippen molar-refractivity contribution in [3.05, 3.63) is 42.0 Å². The number of piperidine rings is 1. The molecule has 0 amide bonds. The number of hydrogen-bond donors (Lipinski definition) is 2. The molecule has 4 aliphatic rings. The molecular formula is C38H42F2N6O5. The summed E-state index contributed by atoms with van der Waals surface area (Å²) < 4.78 is 50.4. The van der Waals surface area contributed by atoms with Crippen LogP contribution in [0.2, 0.25) is 0 Å². The Hall–Kier alpha value is -4.38. The highest BCUT2D eigenvalue weighted by Gasteiger charge is 2.51. The predicted molar refractivity (Wildman–Crippen MR) is 186 cm³/mol. The van der Waals surface area contributed by atoms with Crippen molar-refractivity contribution < 1.29 is 33.2 Å². The van der Waals surface area contributed by atoms with E-state index >= 15 is 8.78 Å². The Morgan fingerprint density at radius 3 is 2.73 bits per heavy atom. The van der Waals surface area contributed by atoms with Gasteiger partial charge < -0.3 is 29.3 Å². The number of likely N-dealkylation sites (tertiary alicyclic amines) is 1. The van der Waals surface area contributed by atoms with Crippen LogP contribution in [0.3, 0.4) is 0 Å². The molecule has 2 aliphatic heterocycles. The van der Waals surface area contributed by atoms with Crippen LogP contribution in [0.1, 0.15) is 51.9 Å². The molecule has 2 aromatic carbocycles. The summed E-state index contributed by atoms with van der Waals surface area (Å²) in [6.45, 7) is 3.87. The van der Waals surface area contributed by atoms with Crippen LogP contribution in [0, 0.1) is 34.3 Å². The molecule has 0 radical (unpaired) electrons. The molecule has 3 atom stereocenters. The third-order valence-electron chi connectivity index (χ3n) is 11.4. The Kier molecular flexibility index (Phi) is 8.60. The zero-order valence-corrected chi connectivity index (χ0v) is 28.9. The molecule has 13 heteroatoms.